The lowest BCUT2D eigenvalue weighted by atomic mass is 10.3. The minimum absolute atomic E-state index is 0.210. The lowest BCUT2D eigenvalue weighted by Crippen LogP contribution is -2.12. The normalized spacial score (nSPS) is 10.6. The third-order valence-corrected chi connectivity index (χ3v) is 3.16. The van der Waals surface area contributed by atoms with E-state index in [9.17, 15) is 4.79 Å². The van der Waals surface area contributed by atoms with Crippen LogP contribution in [-0.4, -0.2) is 19.7 Å². The molecule has 0 saturated carbocycles. The number of H-pyrrole nitrogens is 1. The predicted octanol–water partition coefficient (Wildman–Crippen LogP) is 0.378. The molecular formula is C9H11N5OS. The fourth-order valence-electron chi connectivity index (χ4n) is 1.13. The largest absolute Gasteiger partial charge is 0.384 e. The molecule has 2 rings (SSSR count). The molecule has 0 saturated heterocycles. The summed E-state index contributed by atoms with van der Waals surface area (Å²) in [5.74, 6) is 1.20. The highest BCUT2D eigenvalue weighted by Gasteiger charge is 2.04. The summed E-state index contributed by atoms with van der Waals surface area (Å²) in [4.78, 5) is 15.1. The van der Waals surface area contributed by atoms with E-state index in [4.69, 9.17) is 5.73 Å². The van der Waals surface area contributed by atoms with Crippen LogP contribution >= 0.6 is 11.8 Å². The molecular weight excluding hydrogens is 226 g/mol. The van der Waals surface area contributed by atoms with E-state index in [2.05, 4.69) is 15.2 Å². The molecule has 0 bridgehead atoms. The summed E-state index contributed by atoms with van der Waals surface area (Å²) in [6.07, 6.45) is 1.72. The van der Waals surface area contributed by atoms with Gasteiger partial charge in [-0.1, -0.05) is 17.8 Å². The Bertz CT molecular complexity index is 530. The van der Waals surface area contributed by atoms with Crippen molar-refractivity contribution in [3.8, 4) is 0 Å². The fourth-order valence-corrected chi connectivity index (χ4v) is 1.98. The van der Waals surface area contributed by atoms with E-state index < -0.39 is 0 Å². The van der Waals surface area contributed by atoms with Gasteiger partial charge in [-0.15, -0.1) is 5.10 Å². The van der Waals surface area contributed by atoms with Crippen molar-refractivity contribution >= 4 is 17.6 Å². The monoisotopic (exact) mass is 237 g/mol. The molecule has 0 fully saturated rings. The number of anilines is 1. The lowest BCUT2D eigenvalue weighted by molar-refractivity contribution is 0.765. The summed E-state index contributed by atoms with van der Waals surface area (Å²) < 4.78 is 1.47. The smallest absolute Gasteiger partial charge is 0.343 e. The second-order valence-corrected chi connectivity index (χ2v) is 4.19. The lowest BCUT2D eigenvalue weighted by Gasteiger charge is -2.00. The molecule has 0 spiro atoms. The van der Waals surface area contributed by atoms with Crippen molar-refractivity contribution in [2.75, 3.05) is 5.73 Å². The summed E-state index contributed by atoms with van der Waals surface area (Å²) in [5.41, 5.74) is 6.31. The molecule has 0 atom stereocenters. The van der Waals surface area contributed by atoms with Gasteiger partial charge in [-0.05, 0) is 11.6 Å². The van der Waals surface area contributed by atoms with Crippen LogP contribution in [0.5, 0.6) is 0 Å². The standard InChI is InChI=1S/C9H11N5OS/c1-14-8(15)12-13-9(14)16-5-6-2-3-7(10)11-4-6/h2-4H,5H2,1H3,(H2,10,11)(H,12,15). The van der Waals surface area contributed by atoms with Crippen molar-refractivity contribution in [3.05, 3.63) is 34.4 Å². The van der Waals surface area contributed by atoms with Gasteiger partial charge in [0.2, 0.25) is 0 Å². The van der Waals surface area contributed by atoms with Crippen molar-refractivity contribution in [3.63, 3.8) is 0 Å². The van der Waals surface area contributed by atoms with E-state index >= 15 is 0 Å². The quantitative estimate of drug-likeness (QED) is 0.753. The number of nitrogens with two attached hydrogens (primary N) is 1. The Morgan fingerprint density at radius 3 is 2.94 bits per heavy atom. The van der Waals surface area contributed by atoms with Crippen LogP contribution in [0.4, 0.5) is 5.82 Å². The number of aromatic amines is 1. The Kier molecular flexibility index (Phi) is 2.95. The number of aromatic nitrogens is 4. The van der Waals surface area contributed by atoms with Gasteiger partial charge in [0.15, 0.2) is 5.16 Å². The summed E-state index contributed by atoms with van der Waals surface area (Å²) in [6, 6.07) is 3.65. The van der Waals surface area contributed by atoms with Gasteiger partial charge >= 0.3 is 5.69 Å². The number of hydrogen-bond donors (Lipinski definition) is 2. The summed E-state index contributed by atoms with van der Waals surface area (Å²) in [6.45, 7) is 0. The number of thioether (sulfide) groups is 1. The Labute approximate surface area is 95.9 Å². The van der Waals surface area contributed by atoms with Gasteiger partial charge in [-0.3, -0.25) is 4.57 Å². The summed E-state index contributed by atoms with van der Waals surface area (Å²) in [7, 11) is 1.68. The molecule has 0 aliphatic carbocycles. The second kappa shape index (κ2) is 4.40. The minimum atomic E-state index is -0.210. The fraction of sp³-hybridized carbons (Fsp3) is 0.222. The number of pyridine rings is 1. The number of nitrogens with zero attached hydrogens (tertiary/aromatic N) is 3. The van der Waals surface area contributed by atoms with Gasteiger partial charge in [0.05, 0.1) is 0 Å². The average Bonchev–Trinajstić information content (AvgIpc) is 2.60. The van der Waals surface area contributed by atoms with Crippen LogP contribution in [0.1, 0.15) is 5.56 Å². The second-order valence-electron chi connectivity index (χ2n) is 3.25. The first-order chi connectivity index (χ1) is 7.66. The van der Waals surface area contributed by atoms with Gasteiger partial charge in [-0.25, -0.2) is 14.9 Å². The Morgan fingerprint density at radius 1 is 1.56 bits per heavy atom. The van der Waals surface area contributed by atoms with Gasteiger partial charge in [0, 0.05) is 19.0 Å². The van der Waals surface area contributed by atoms with E-state index in [0.717, 1.165) is 5.56 Å². The molecule has 7 heteroatoms. The zero-order chi connectivity index (χ0) is 11.5. The zero-order valence-corrected chi connectivity index (χ0v) is 9.49. The molecule has 0 aromatic carbocycles. The van der Waals surface area contributed by atoms with E-state index in [0.29, 0.717) is 16.7 Å². The van der Waals surface area contributed by atoms with Crippen molar-refractivity contribution in [1.82, 2.24) is 19.7 Å². The summed E-state index contributed by atoms with van der Waals surface area (Å²) in [5, 5.41) is 6.93. The summed E-state index contributed by atoms with van der Waals surface area (Å²) >= 11 is 1.47. The van der Waals surface area contributed by atoms with Crippen molar-refractivity contribution in [2.24, 2.45) is 7.05 Å². The topological polar surface area (TPSA) is 89.6 Å². The van der Waals surface area contributed by atoms with Crippen molar-refractivity contribution in [2.45, 2.75) is 10.9 Å². The molecule has 0 unspecified atom stereocenters. The molecule has 2 heterocycles. The molecule has 0 aliphatic rings. The van der Waals surface area contributed by atoms with E-state index in [1.54, 1.807) is 19.3 Å². The molecule has 3 N–H and O–H groups in total. The van der Waals surface area contributed by atoms with E-state index in [1.165, 1.54) is 16.3 Å². The molecule has 84 valence electrons. The van der Waals surface area contributed by atoms with Crippen LogP contribution in [0.2, 0.25) is 0 Å². The number of rotatable bonds is 3. The third kappa shape index (κ3) is 2.25. The number of nitrogens with one attached hydrogen (secondary N) is 1. The van der Waals surface area contributed by atoms with Crippen LogP contribution < -0.4 is 11.4 Å². The van der Waals surface area contributed by atoms with Gasteiger partial charge in [0.25, 0.3) is 0 Å². The number of nitrogen functional groups attached to an aromatic ring is 1. The maximum atomic E-state index is 11.1. The molecule has 6 nitrogen and oxygen atoms in total. The predicted molar refractivity (Wildman–Crippen MR) is 62.0 cm³/mol. The Morgan fingerprint density at radius 2 is 2.38 bits per heavy atom. The highest BCUT2D eigenvalue weighted by Crippen LogP contribution is 2.18. The van der Waals surface area contributed by atoms with Crippen molar-refractivity contribution < 1.29 is 0 Å². The first-order valence-corrected chi connectivity index (χ1v) is 5.60. The zero-order valence-electron chi connectivity index (χ0n) is 8.67. The highest BCUT2D eigenvalue weighted by atomic mass is 32.2. The molecule has 16 heavy (non-hydrogen) atoms. The SMILES string of the molecule is Cn1c(SCc2ccc(N)nc2)n[nH]c1=O. The van der Waals surface area contributed by atoms with Gasteiger partial charge in [-0.2, -0.15) is 0 Å². The molecule has 0 amide bonds. The first-order valence-electron chi connectivity index (χ1n) is 4.61. The molecule has 2 aromatic rings. The van der Waals surface area contributed by atoms with E-state index in [1.807, 2.05) is 6.07 Å². The maximum absolute atomic E-state index is 11.1. The van der Waals surface area contributed by atoms with Crippen LogP contribution in [0, 0.1) is 0 Å². The molecule has 2 aromatic heterocycles. The van der Waals surface area contributed by atoms with E-state index in [-0.39, 0.29) is 5.69 Å². The van der Waals surface area contributed by atoms with Crippen LogP contribution in [-0.2, 0) is 12.8 Å². The van der Waals surface area contributed by atoms with Crippen LogP contribution in [0.3, 0.4) is 0 Å². The van der Waals surface area contributed by atoms with Crippen LogP contribution in [0.15, 0.2) is 28.3 Å². The molecule has 0 radical (unpaired) electrons. The van der Waals surface area contributed by atoms with Crippen LogP contribution in [0.25, 0.3) is 0 Å². The maximum Gasteiger partial charge on any atom is 0.343 e. The minimum Gasteiger partial charge on any atom is -0.384 e. The first kappa shape index (κ1) is 10.7. The Hall–Kier alpha value is -1.76. The van der Waals surface area contributed by atoms with Gasteiger partial charge in [0.1, 0.15) is 5.82 Å². The van der Waals surface area contributed by atoms with Crippen molar-refractivity contribution in [1.29, 1.82) is 0 Å². The van der Waals surface area contributed by atoms with Gasteiger partial charge < -0.3 is 5.73 Å². The molecule has 0 aliphatic heterocycles. The highest BCUT2D eigenvalue weighted by molar-refractivity contribution is 7.98. The number of hydrogen-bond acceptors (Lipinski definition) is 5. The third-order valence-electron chi connectivity index (χ3n) is 2.05. The average molecular weight is 237 g/mol. The Balaban J connectivity index is 2.05.